The van der Waals surface area contributed by atoms with Gasteiger partial charge in [-0.3, -0.25) is 14.9 Å². The summed E-state index contributed by atoms with van der Waals surface area (Å²) in [6.07, 6.45) is 0.632. The molecule has 0 N–H and O–H groups in total. The summed E-state index contributed by atoms with van der Waals surface area (Å²) < 4.78 is 0. The molecule has 0 unspecified atom stereocenters. The standard InChI is InChI=1S/C14H10ClNO4/c15-12-4-2-1-3-10(12)5-9-6-11(8-17)14(18)13(7-9)16(19)20/h1-4,6-8,18H,5H2/p-1. The molecule has 0 heterocycles. The molecule has 0 aromatic heterocycles. The van der Waals surface area contributed by atoms with Crippen LogP contribution < -0.4 is 5.11 Å². The highest BCUT2D eigenvalue weighted by atomic mass is 35.5. The van der Waals surface area contributed by atoms with Gasteiger partial charge in [-0.15, -0.1) is 0 Å². The number of aldehydes is 1. The average molecular weight is 291 g/mol. The first kappa shape index (κ1) is 14.0. The lowest BCUT2D eigenvalue weighted by Crippen LogP contribution is -2.04. The van der Waals surface area contributed by atoms with Crippen LogP contribution in [0, 0.1) is 10.1 Å². The summed E-state index contributed by atoms with van der Waals surface area (Å²) in [6.45, 7) is 0. The Morgan fingerprint density at radius 1 is 1.25 bits per heavy atom. The zero-order chi connectivity index (χ0) is 14.7. The third-order valence-electron chi connectivity index (χ3n) is 2.83. The summed E-state index contributed by atoms with van der Waals surface area (Å²) in [5.74, 6) is -0.868. The van der Waals surface area contributed by atoms with Crippen LogP contribution in [0.2, 0.25) is 5.02 Å². The van der Waals surface area contributed by atoms with Crippen molar-refractivity contribution in [3.63, 3.8) is 0 Å². The first-order valence-electron chi connectivity index (χ1n) is 5.70. The molecule has 0 radical (unpaired) electrons. The second kappa shape index (κ2) is 5.71. The highest BCUT2D eigenvalue weighted by molar-refractivity contribution is 6.31. The van der Waals surface area contributed by atoms with Crippen LogP contribution in [0.15, 0.2) is 36.4 Å². The van der Waals surface area contributed by atoms with Gasteiger partial charge in [-0.2, -0.15) is 0 Å². The first-order valence-corrected chi connectivity index (χ1v) is 6.07. The van der Waals surface area contributed by atoms with Crippen molar-refractivity contribution in [2.24, 2.45) is 0 Å². The van der Waals surface area contributed by atoms with Gasteiger partial charge in [0, 0.05) is 16.7 Å². The predicted octanol–water partition coefficient (Wildman–Crippen LogP) is 2.73. The molecule has 0 saturated carbocycles. The SMILES string of the molecule is O=Cc1cc(Cc2ccccc2Cl)cc([N+](=O)[O-])c1[O-]. The van der Waals surface area contributed by atoms with Crippen molar-refractivity contribution in [2.45, 2.75) is 6.42 Å². The highest BCUT2D eigenvalue weighted by Crippen LogP contribution is 2.29. The van der Waals surface area contributed by atoms with Crippen LogP contribution in [0.25, 0.3) is 0 Å². The quantitative estimate of drug-likeness (QED) is 0.492. The molecule has 0 atom stereocenters. The van der Waals surface area contributed by atoms with Gasteiger partial charge in [-0.25, -0.2) is 0 Å². The van der Waals surface area contributed by atoms with Crippen LogP contribution in [0.5, 0.6) is 5.75 Å². The van der Waals surface area contributed by atoms with Crippen molar-refractivity contribution in [2.75, 3.05) is 0 Å². The predicted molar refractivity (Wildman–Crippen MR) is 72.2 cm³/mol. The normalized spacial score (nSPS) is 10.2. The molecule has 5 nitrogen and oxygen atoms in total. The minimum Gasteiger partial charge on any atom is -0.867 e. The summed E-state index contributed by atoms with van der Waals surface area (Å²) in [4.78, 5) is 20.9. The van der Waals surface area contributed by atoms with E-state index in [0.29, 0.717) is 23.3 Å². The van der Waals surface area contributed by atoms with E-state index in [4.69, 9.17) is 11.6 Å². The number of nitro benzene ring substituents is 1. The van der Waals surface area contributed by atoms with Crippen molar-refractivity contribution < 1.29 is 14.8 Å². The zero-order valence-corrected chi connectivity index (χ0v) is 11.0. The fraction of sp³-hybridized carbons (Fsp3) is 0.0714. The molecule has 20 heavy (non-hydrogen) atoms. The fourth-order valence-electron chi connectivity index (χ4n) is 1.88. The van der Waals surface area contributed by atoms with Crippen LogP contribution in [-0.4, -0.2) is 11.2 Å². The Morgan fingerprint density at radius 2 is 1.95 bits per heavy atom. The minimum absolute atomic E-state index is 0.221. The number of hydrogen-bond donors (Lipinski definition) is 0. The maximum absolute atomic E-state index is 11.6. The van der Waals surface area contributed by atoms with Gasteiger partial charge < -0.3 is 5.11 Å². The third-order valence-corrected chi connectivity index (χ3v) is 3.20. The molecule has 2 aromatic carbocycles. The van der Waals surface area contributed by atoms with Gasteiger partial charge in [0.2, 0.25) is 0 Å². The Balaban J connectivity index is 2.47. The van der Waals surface area contributed by atoms with E-state index in [9.17, 15) is 20.0 Å². The Kier molecular flexibility index (Phi) is 4.00. The first-order chi connectivity index (χ1) is 9.52. The number of nitrogens with zero attached hydrogens (tertiary/aromatic N) is 1. The lowest BCUT2D eigenvalue weighted by Gasteiger charge is -2.12. The van der Waals surface area contributed by atoms with Crippen LogP contribution in [0.4, 0.5) is 5.69 Å². The highest BCUT2D eigenvalue weighted by Gasteiger charge is 2.13. The summed E-state index contributed by atoms with van der Waals surface area (Å²) in [5, 5.41) is 23.0. The third kappa shape index (κ3) is 2.78. The largest absolute Gasteiger partial charge is 0.867 e. The number of carbonyl (C=O) groups excluding carboxylic acids is 1. The molecule has 0 aliphatic carbocycles. The van der Waals surface area contributed by atoms with E-state index in [1.165, 1.54) is 12.1 Å². The Bertz CT molecular complexity index is 685. The zero-order valence-electron chi connectivity index (χ0n) is 10.2. The number of rotatable bonds is 4. The summed E-state index contributed by atoms with van der Waals surface area (Å²) in [6, 6.07) is 9.57. The number of hydrogen-bond acceptors (Lipinski definition) is 4. The molecule has 2 aromatic rings. The Labute approximate surface area is 119 Å². The number of benzene rings is 2. The summed E-state index contributed by atoms with van der Waals surface area (Å²) in [5.41, 5.74) is 0.434. The van der Waals surface area contributed by atoms with E-state index < -0.39 is 16.4 Å². The van der Waals surface area contributed by atoms with Crippen LogP contribution in [-0.2, 0) is 6.42 Å². The van der Waals surface area contributed by atoms with Gasteiger partial charge in [0.05, 0.1) is 4.92 Å². The molecule has 102 valence electrons. The second-order valence-electron chi connectivity index (χ2n) is 4.18. The topological polar surface area (TPSA) is 83.3 Å². The molecular formula is C14H9ClNO4-. The molecule has 0 spiro atoms. The maximum Gasteiger partial charge on any atom is 0.262 e. The van der Waals surface area contributed by atoms with Crippen molar-refractivity contribution in [1.29, 1.82) is 0 Å². The van der Waals surface area contributed by atoms with Crippen molar-refractivity contribution in [3.8, 4) is 5.75 Å². The maximum atomic E-state index is 11.6. The molecule has 6 heteroatoms. The second-order valence-corrected chi connectivity index (χ2v) is 4.58. The van der Waals surface area contributed by atoms with Crippen molar-refractivity contribution in [1.82, 2.24) is 0 Å². The molecule has 0 bridgehead atoms. The summed E-state index contributed by atoms with van der Waals surface area (Å²) in [7, 11) is 0. The van der Waals surface area contributed by atoms with Gasteiger partial charge in [0.1, 0.15) is 6.29 Å². The molecule has 2 rings (SSSR count). The number of nitro groups is 1. The molecule has 0 saturated heterocycles. The van der Waals surface area contributed by atoms with Gasteiger partial charge >= 0.3 is 0 Å². The van der Waals surface area contributed by atoms with Gasteiger partial charge in [0.25, 0.3) is 5.69 Å². The van der Waals surface area contributed by atoms with Crippen LogP contribution >= 0.6 is 11.6 Å². The number of carbonyl (C=O) groups is 1. The smallest absolute Gasteiger partial charge is 0.262 e. The minimum atomic E-state index is -0.868. The van der Waals surface area contributed by atoms with Gasteiger partial charge in [-0.05, 0) is 35.4 Å². The average Bonchev–Trinajstić information content (AvgIpc) is 2.42. The Morgan fingerprint density at radius 3 is 2.55 bits per heavy atom. The summed E-state index contributed by atoms with van der Waals surface area (Å²) >= 11 is 6.02. The molecule has 0 fully saturated rings. The van der Waals surface area contributed by atoms with E-state index in [1.807, 2.05) is 0 Å². The van der Waals surface area contributed by atoms with Gasteiger partial charge in [-0.1, -0.05) is 29.8 Å². The van der Waals surface area contributed by atoms with Crippen LogP contribution in [0.3, 0.4) is 0 Å². The van der Waals surface area contributed by atoms with E-state index in [1.54, 1.807) is 24.3 Å². The van der Waals surface area contributed by atoms with E-state index in [2.05, 4.69) is 0 Å². The van der Waals surface area contributed by atoms with E-state index >= 15 is 0 Å². The lowest BCUT2D eigenvalue weighted by atomic mass is 10.0. The molecule has 0 amide bonds. The number of halogens is 1. The molecule has 0 aliphatic heterocycles. The lowest BCUT2D eigenvalue weighted by molar-refractivity contribution is -0.398. The molecule has 0 aliphatic rings. The Hall–Kier alpha value is -2.40. The van der Waals surface area contributed by atoms with E-state index in [0.717, 1.165) is 5.56 Å². The monoisotopic (exact) mass is 290 g/mol. The van der Waals surface area contributed by atoms with Crippen molar-refractivity contribution in [3.05, 3.63) is 68.2 Å². The van der Waals surface area contributed by atoms with E-state index in [-0.39, 0.29) is 5.56 Å². The van der Waals surface area contributed by atoms with Crippen LogP contribution in [0.1, 0.15) is 21.5 Å². The van der Waals surface area contributed by atoms with Gasteiger partial charge in [0.15, 0.2) is 0 Å². The van der Waals surface area contributed by atoms with Crippen molar-refractivity contribution >= 4 is 23.6 Å². The molecular weight excluding hydrogens is 282 g/mol. The fourth-order valence-corrected chi connectivity index (χ4v) is 2.09.